The van der Waals surface area contributed by atoms with Gasteiger partial charge in [0.25, 0.3) is 5.56 Å². The second-order valence-electron chi connectivity index (χ2n) is 3.41. The Labute approximate surface area is 85.2 Å². The van der Waals surface area contributed by atoms with Gasteiger partial charge < -0.3 is 4.74 Å². The molecule has 0 atom stereocenters. The summed E-state index contributed by atoms with van der Waals surface area (Å²) in [5.74, 6) is 0.441. The highest BCUT2D eigenvalue weighted by atomic mass is 16.5. The molecule has 0 unspecified atom stereocenters. The number of nitrogens with zero attached hydrogens (tertiary/aromatic N) is 2. The van der Waals surface area contributed by atoms with Gasteiger partial charge in [0.15, 0.2) is 0 Å². The van der Waals surface area contributed by atoms with Crippen LogP contribution in [0.15, 0.2) is 14.6 Å². The van der Waals surface area contributed by atoms with Gasteiger partial charge >= 0.3 is 5.69 Å². The van der Waals surface area contributed by atoms with E-state index in [-0.39, 0.29) is 5.56 Å². The maximum absolute atomic E-state index is 11.5. The van der Waals surface area contributed by atoms with Crippen molar-refractivity contribution in [1.29, 1.82) is 0 Å². The molecule has 0 aromatic carbocycles. The first kappa shape index (κ1) is 9.85. The summed E-state index contributed by atoms with van der Waals surface area (Å²) in [5, 5.41) is 0. The zero-order chi connectivity index (χ0) is 11.0. The first-order valence-corrected chi connectivity index (χ1v) is 4.51. The Balaban J connectivity index is 2.57. The third-order valence-corrected chi connectivity index (χ3v) is 2.34. The van der Waals surface area contributed by atoms with Gasteiger partial charge in [-0.15, -0.1) is 0 Å². The van der Waals surface area contributed by atoms with Crippen LogP contribution >= 0.6 is 0 Å². The molecule has 1 aliphatic rings. The highest BCUT2D eigenvalue weighted by molar-refractivity contribution is 5.94. The zero-order valence-electron chi connectivity index (χ0n) is 8.53. The summed E-state index contributed by atoms with van der Waals surface area (Å²) in [6.07, 6.45) is 0.451. The monoisotopic (exact) mass is 209 g/mol. The summed E-state index contributed by atoms with van der Waals surface area (Å²) < 4.78 is 6.27. The lowest BCUT2D eigenvalue weighted by atomic mass is 10.2. The van der Waals surface area contributed by atoms with E-state index in [1.165, 1.54) is 4.57 Å². The Morgan fingerprint density at radius 1 is 1.53 bits per heavy atom. The molecule has 0 aliphatic carbocycles. The number of nitrogens with one attached hydrogen (secondary N) is 1. The molecule has 0 radical (unpaired) electrons. The van der Waals surface area contributed by atoms with E-state index < -0.39 is 5.69 Å². The van der Waals surface area contributed by atoms with E-state index in [4.69, 9.17) is 4.74 Å². The summed E-state index contributed by atoms with van der Waals surface area (Å²) in [5.41, 5.74) is 0.493. The van der Waals surface area contributed by atoms with Crippen LogP contribution in [-0.4, -0.2) is 29.0 Å². The predicted molar refractivity (Wildman–Crippen MR) is 55.0 cm³/mol. The van der Waals surface area contributed by atoms with Crippen LogP contribution in [0.3, 0.4) is 0 Å². The first-order valence-electron chi connectivity index (χ1n) is 4.51. The molecule has 15 heavy (non-hydrogen) atoms. The molecule has 0 spiro atoms. The van der Waals surface area contributed by atoms with Crippen molar-refractivity contribution >= 4 is 11.5 Å². The fourth-order valence-corrected chi connectivity index (χ4v) is 1.60. The Morgan fingerprint density at radius 2 is 2.27 bits per heavy atom. The summed E-state index contributed by atoms with van der Waals surface area (Å²) in [7, 11) is 3.14. The number of methoxy groups -OCH3 is 1. The third kappa shape index (κ3) is 1.52. The maximum Gasteiger partial charge on any atom is 0.329 e. The van der Waals surface area contributed by atoms with E-state index in [9.17, 15) is 9.59 Å². The smallest absolute Gasteiger partial charge is 0.329 e. The lowest BCUT2D eigenvalue weighted by Crippen LogP contribution is -2.29. The minimum atomic E-state index is -0.443. The highest BCUT2D eigenvalue weighted by Crippen LogP contribution is 2.20. The van der Waals surface area contributed by atoms with Crippen molar-refractivity contribution in [1.82, 2.24) is 9.55 Å². The standard InChI is InChI=1S/C9H11N3O3/c1-12-7-6(8(13)11-9(12)14)3-5(10-7)4-15-2/h3-4H2,1-2H3,(H,11,13,14). The van der Waals surface area contributed by atoms with Gasteiger partial charge in [0, 0.05) is 20.6 Å². The Morgan fingerprint density at radius 3 is 2.93 bits per heavy atom. The first-order chi connectivity index (χ1) is 7.13. The minimum Gasteiger partial charge on any atom is -0.379 e. The van der Waals surface area contributed by atoms with E-state index in [1.807, 2.05) is 0 Å². The number of hydrogen-bond acceptors (Lipinski definition) is 4. The van der Waals surface area contributed by atoms with Crippen LogP contribution in [0.25, 0.3) is 0 Å². The SMILES string of the molecule is COCC1=Nc2c(c(=O)[nH]c(=O)n2C)C1. The van der Waals surface area contributed by atoms with E-state index in [0.717, 1.165) is 5.71 Å². The average molecular weight is 209 g/mol. The molecule has 1 aromatic heterocycles. The third-order valence-electron chi connectivity index (χ3n) is 2.34. The molecule has 6 heteroatoms. The number of hydrogen-bond donors (Lipinski definition) is 1. The van der Waals surface area contributed by atoms with Gasteiger partial charge in [0.1, 0.15) is 5.82 Å². The molecule has 0 amide bonds. The van der Waals surface area contributed by atoms with Crippen molar-refractivity contribution in [2.24, 2.45) is 12.0 Å². The minimum absolute atomic E-state index is 0.358. The average Bonchev–Trinajstić information content (AvgIpc) is 2.60. The van der Waals surface area contributed by atoms with Crippen LogP contribution in [-0.2, 0) is 18.2 Å². The number of aromatic nitrogens is 2. The van der Waals surface area contributed by atoms with Gasteiger partial charge in [-0.2, -0.15) is 0 Å². The van der Waals surface area contributed by atoms with E-state index in [0.29, 0.717) is 24.4 Å². The van der Waals surface area contributed by atoms with E-state index >= 15 is 0 Å². The fraction of sp³-hybridized carbons (Fsp3) is 0.444. The molecule has 80 valence electrons. The number of H-pyrrole nitrogens is 1. The van der Waals surface area contributed by atoms with Crippen LogP contribution in [0, 0.1) is 0 Å². The molecule has 2 rings (SSSR count). The lowest BCUT2D eigenvalue weighted by molar-refractivity contribution is 0.244. The van der Waals surface area contributed by atoms with Crippen LogP contribution in [0.4, 0.5) is 5.82 Å². The van der Waals surface area contributed by atoms with Crippen LogP contribution in [0.5, 0.6) is 0 Å². The second kappa shape index (κ2) is 3.47. The molecule has 1 aromatic rings. The topological polar surface area (TPSA) is 76.4 Å². The predicted octanol–water partition coefficient (Wildman–Crippen LogP) is -0.651. The molecular weight excluding hydrogens is 198 g/mol. The highest BCUT2D eigenvalue weighted by Gasteiger charge is 2.20. The maximum atomic E-state index is 11.5. The number of aromatic amines is 1. The van der Waals surface area contributed by atoms with Gasteiger partial charge in [0.2, 0.25) is 0 Å². The zero-order valence-corrected chi connectivity index (χ0v) is 8.53. The number of rotatable bonds is 2. The fourth-order valence-electron chi connectivity index (χ4n) is 1.60. The largest absolute Gasteiger partial charge is 0.379 e. The molecule has 1 N–H and O–H groups in total. The van der Waals surface area contributed by atoms with Crippen molar-refractivity contribution in [2.75, 3.05) is 13.7 Å². The van der Waals surface area contributed by atoms with Crippen molar-refractivity contribution in [3.05, 3.63) is 26.4 Å². The molecule has 0 bridgehead atoms. The van der Waals surface area contributed by atoms with Gasteiger partial charge in [-0.25, -0.2) is 9.79 Å². The van der Waals surface area contributed by atoms with Crippen LogP contribution in [0.2, 0.25) is 0 Å². The van der Waals surface area contributed by atoms with E-state index in [1.54, 1.807) is 14.2 Å². The van der Waals surface area contributed by atoms with Gasteiger partial charge in [-0.3, -0.25) is 14.3 Å². The Hall–Kier alpha value is -1.69. The van der Waals surface area contributed by atoms with Crippen LogP contribution < -0.4 is 11.2 Å². The molecule has 1 aliphatic heterocycles. The number of aliphatic imine (C=N–C) groups is 1. The number of ether oxygens (including phenoxy) is 1. The molecular formula is C9H11N3O3. The van der Waals surface area contributed by atoms with Gasteiger partial charge in [-0.05, 0) is 0 Å². The molecule has 0 saturated carbocycles. The van der Waals surface area contributed by atoms with Crippen molar-refractivity contribution in [2.45, 2.75) is 6.42 Å². The summed E-state index contributed by atoms with van der Waals surface area (Å²) in [6.45, 7) is 0.377. The van der Waals surface area contributed by atoms with E-state index in [2.05, 4.69) is 9.98 Å². The summed E-state index contributed by atoms with van der Waals surface area (Å²) in [6, 6.07) is 0. The molecule has 6 nitrogen and oxygen atoms in total. The molecule has 0 saturated heterocycles. The van der Waals surface area contributed by atoms with Crippen molar-refractivity contribution in [3.63, 3.8) is 0 Å². The number of fused-ring (bicyclic) bond motifs is 1. The quantitative estimate of drug-likeness (QED) is 0.703. The van der Waals surface area contributed by atoms with Crippen molar-refractivity contribution in [3.8, 4) is 0 Å². The Kier molecular flexibility index (Phi) is 2.28. The summed E-state index contributed by atoms with van der Waals surface area (Å²) >= 11 is 0. The summed E-state index contributed by atoms with van der Waals surface area (Å²) in [4.78, 5) is 29.2. The second-order valence-corrected chi connectivity index (χ2v) is 3.41. The van der Waals surface area contributed by atoms with Gasteiger partial charge in [0.05, 0.1) is 17.9 Å². The van der Waals surface area contributed by atoms with Crippen LogP contribution in [0.1, 0.15) is 5.56 Å². The molecule has 0 fully saturated rings. The lowest BCUT2D eigenvalue weighted by Gasteiger charge is -2.00. The van der Waals surface area contributed by atoms with Gasteiger partial charge in [-0.1, -0.05) is 0 Å². The molecule has 2 heterocycles. The Bertz CT molecular complexity index is 539. The normalized spacial score (nSPS) is 13.9. The van der Waals surface area contributed by atoms with Crippen molar-refractivity contribution < 1.29 is 4.74 Å².